The standard InChI is InChI=1S/C41H52N2O14/c1-18-12-11-13-19(2)40(52)43-31-30(42-16-14-26(45)54-10)35(49)27-28(36(31)50)34(48)23(6)38-29(27)39(51)41(8,57-38)55-17-15-25(53-9)20(3)37(56-24(7)44)22(5)33(47)21(4)32(18)46/h11-13,15,17-18,20-22,25,32-33,37,42,46-48H,14,16H2,1-10H3,(H,43,52). The van der Waals surface area contributed by atoms with Crippen LogP contribution in [-0.4, -0.2) is 101 Å². The van der Waals surface area contributed by atoms with Gasteiger partial charge in [0.25, 0.3) is 11.7 Å². The molecule has 310 valence electrons. The highest BCUT2D eigenvalue weighted by molar-refractivity contribution is 6.32. The molecule has 1 aromatic rings. The molecule has 5 rings (SSSR count). The van der Waals surface area contributed by atoms with E-state index in [0.29, 0.717) is 0 Å². The Morgan fingerprint density at radius 1 is 0.930 bits per heavy atom. The van der Waals surface area contributed by atoms with Gasteiger partial charge in [0.05, 0.1) is 54.8 Å². The third-order valence-electron chi connectivity index (χ3n) is 10.8. The number of hydrogen-bond acceptors (Lipinski definition) is 15. The Bertz CT molecular complexity index is 1950. The van der Waals surface area contributed by atoms with E-state index in [-0.39, 0.29) is 35.4 Å². The molecule has 57 heavy (non-hydrogen) atoms. The number of hydrogen-bond donors (Lipinski definition) is 5. The van der Waals surface area contributed by atoms with Crippen molar-refractivity contribution in [2.24, 2.45) is 23.7 Å². The lowest BCUT2D eigenvalue weighted by Gasteiger charge is -2.38. The fourth-order valence-corrected chi connectivity index (χ4v) is 7.25. The molecular formula is C41H52N2O14. The minimum Gasteiger partial charge on any atom is -0.507 e. The maximum absolute atomic E-state index is 14.4. The molecule has 3 aliphatic heterocycles. The molecule has 3 heterocycles. The van der Waals surface area contributed by atoms with Crippen molar-refractivity contribution >= 4 is 35.2 Å². The molecule has 1 aromatic carbocycles. The van der Waals surface area contributed by atoms with E-state index < -0.39 is 117 Å². The highest BCUT2D eigenvalue weighted by atomic mass is 16.7. The Kier molecular flexibility index (Phi) is 13.9. The number of methoxy groups -OCH3 is 2. The van der Waals surface area contributed by atoms with Crippen molar-refractivity contribution in [3.63, 3.8) is 0 Å². The molecule has 0 saturated carbocycles. The van der Waals surface area contributed by atoms with Gasteiger partial charge in [-0.3, -0.25) is 28.8 Å². The molecule has 0 fully saturated rings. The van der Waals surface area contributed by atoms with Gasteiger partial charge < -0.3 is 49.6 Å². The van der Waals surface area contributed by atoms with Gasteiger partial charge in [-0.1, -0.05) is 45.9 Å². The van der Waals surface area contributed by atoms with Crippen LogP contribution in [0.2, 0.25) is 0 Å². The largest absolute Gasteiger partial charge is 0.507 e. The fourth-order valence-electron chi connectivity index (χ4n) is 7.25. The normalized spacial score (nSPS) is 29.6. The lowest BCUT2D eigenvalue weighted by molar-refractivity contribution is -0.160. The molecule has 0 radical (unpaired) electrons. The summed E-state index contributed by atoms with van der Waals surface area (Å²) in [6.07, 6.45) is 2.87. The average molecular weight is 797 g/mol. The van der Waals surface area contributed by atoms with E-state index in [2.05, 4.69) is 15.4 Å². The molecule has 1 aliphatic carbocycles. The Balaban J connectivity index is 1.90. The van der Waals surface area contributed by atoms with Gasteiger partial charge in [-0.15, -0.1) is 0 Å². The van der Waals surface area contributed by atoms with E-state index in [1.54, 1.807) is 33.8 Å². The SMILES string of the molecule is COC(=O)CCNC1=C2NC(=O)C(C)=CC=CC(C)C(O)C(C)C(O)C(C)C(OC(C)=O)C(C)C(OC)C=COC3(C)Oc4c(C)c(O)c(c(c4C3=O)C1=O)C2=O. The zero-order valence-corrected chi connectivity index (χ0v) is 33.8. The summed E-state index contributed by atoms with van der Waals surface area (Å²) in [5.41, 5.74) is -2.36. The van der Waals surface area contributed by atoms with Crippen molar-refractivity contribution in [1.29, 1.82) is 0 Å². The van der Waals surface area contributed by atoms with E-state index in [0.717, 1.165) is 6.26 Å². The van der Waals surface area contributed by atoms with E-state index in [1.807, 2.05) is 0 Å². The number of ether oxygens (including phenoxy) is 5. The van der Waals surface area contributed by atoms with Gasteiger partial charge in [-0.05, 0) is 19.9 Å². The fraction of sp³-hybridized carbons (Fsp3) is 0.512. The van der Waals surface area contributed by atoms with Crippen LogP contribution in [0.1, 0.15) is 91.5 Å². The maximum atomic E-state index is 14.4. The molecule has 16 heteroatoms. The number of Topliss-reactive ketones (excluding diaryl/α,β-unsaturated/α-hetero) is 3. The number of allylic oxidation sites excluding steroid dienone is 4. The number of esters is 2. The Labute approximate surface area is 330 Å². The van der Waals surface area contributed by atoms with Crippen LogP contribution < -0.4 is 15.4 Å². The van der Waals surface area contributed by atoms with E-state index in [4.69, 9.17) is 18.9 Å². The van der Waals surface area contributed by atoms with Crippen LogP contribution in [-0.2, 0) is 33.3 Å². The van der Waals surface area contributed by atoms with Crippen LogP contribution in [0, 0.1) is 30.6 Å². The molecule has 16 nitrogen and oxygen atoms in total. The van der Waals surface area contributed by atoms with Crippen molar-refractivity contribution in [2.45, 2.75) is 92.0 Å². The lowest BCUT2D eigenvalue weighted by Crippen LogP contribution is -2.46. The number of aliphatic hydroxyl groups excluding tert-OH is 2. The zero-order chi connectivity index (χ0) is 42.7. The number of phenolic OH excluding ortho intramolecular Hbond substituents is 1. The summed E-state index contributed by atoms with van der Waals surface area (Å²) in [5, 5.41) is 39.3. The first kappa shape index (κ1) is 44.4. The minimum atomic E-state index is -2.13. The van der Waals surface area contributed by atoms with E-state index in [1.165, 1.54) is 60.1 Å². The number of carbonyl (C=O) groups is 6. The lowest BCUT2D eigenvalue weighted by atomic mass is 9.78. The molecule has 4 aliphatic rings. The molecule has 9 atom stereocenters. The van der Waals surface area contributed by atoms with Gasteiger partial charge >= 0.3 is 17.7 Å². The zero-order valence-electron chi connectivity index (χ0n) is 33.8. The van der Waals surface area contributed by atoms with Crippen LogP contribution in [0.4, 0.5) is 0 Å². The number of phenols is 1. The molecular weight excluding hydrogens is 744 g/mol. The summed E-state index contributed by atoms with van der Waals surface area (Å²) in [6, 6.07) is 0. The summed E-state index contributed by atoms with van der Waals surface area (Å²) in [4.78, 5) is 80.6. The first-order chi connectivity index (χ1) is 26.7. The van der Waals surface area contributed by atoms with Gasteiger partial charge in [0.2, 0.25) is 11.6 Å². The molecule has 5 bridgehead atoms. The Hall–Kier alpha value is -5.32. The van der Waals surface area contributed by atoms with Crippen molar-refractivity contribution in [2.75, 3.05) is 20.8 Å². The second kappa shape index (κ2) is 17.9. The maximum Gasteiger partial charge on any atom is 0.312 e. The van der Waals surface area contributed by atoms with Crippen molar-refractivity contribution in [3.05, 3.63) is 69.8 Å². The number of benzene rings is 1. The van der Waals surface area contributed by atoms with Gasteiger partial charge in [0, 0.05) is 62.3 Å². The van der Waals surface area contributed by atoms with E-state index >= 15 is 0 Å². The number of ketones is 3. The quantitative estimate of drug-likeness (QED) is 0.260. The van der Waals surface area contributed by atoms with Crippen LogP contribution in [0.3, 0.4) is 0 Å². The predicted octanol–water partition coefficient (Wildman–Crippen LogP) is 3.11. The van der Waals surface area contributed by atoms with Crippen LogP contribution in [0.15, 0.2) is 47.5 Å². The van der Waals surface area contributed by atoms with Gasteiger partial charge in [0.1, 0.15) is 29.0 Å². The molecule has 0 spiro atoms. The van der Waals surface area contributed by atoms with Crippen molar-refractivity contribution < 1.29 is 67.8 Å². The van der Waals surface area contributed by atoms with Crippen LogP contribution in [0.5, 0.6) is 11.5 Å². The number of fused-ring (bicyclic) bond motifs is 14. The monoisotopic (exact) mass is 796 g/mol. The highest BCUT2D eigenvalue weighted by Gasteiger charge is 2.52. The first-order valence-electron chi connectivity index (χ1n) is 18.6. The number of amides is 1. The summed E-state index contributed by atoms with van der Waals surface area (Å²) in [6.45, 7) is 11.9. The second-order valence-electron chi connectivity index (χ2n) is 14.8. The molecule has 5 N–H and O–H groups in total. The predicted molar refractivity (Wildman–Crippen MR) is 203 cm³/mol. The van der Waals surface area contributed by atoms with Gasteiger partial charge in [-0.25, -0.2) is 0 Å². The number of rotatable bonds is 6. The number of aromatic hydroxyl groups is 1. The topological polar surface area (TPSA) is 233 Å². The first-order valence-corrected chi connectivity index (χ1v) is 18.6. The van der Waals surface area contributed by atoms with Gasteiger partial charge in [-0.2, -0.15) is 0 Å². The van der Waals surface area contributed by atoms with E-state index in [9.17, 15) is 44.1 Å². The van der Waals surface area contributed by atoms with Crippen LogP contribution in [0.25, 0.3) is 0 Å². The summed E-state index contributed by atoms with van der Waals surface area (Å²) >= 11 is 0. The minimum absolute atomic E-state index is 0.0558. The summed E-state index contributed by atoms with van der Waals surface area (Å²) < 4.78 is 28.0. The highest BCUT2D eigenvalue weighted by Crippen LogP contribution is 2.48. The summed E-state index contributed by atoms with van der Waals surface area (Å²) in [7, 11) is 2.58. The second-order valence-corrected chi connectivity index (χ2v) is 14.8. The smallest absolute Gasteiger partial charge is 0.312 e. The summed E-state index contributed by atoms with van der Waals surface area (Å²) in [5.74, 6) is -10.5. The number of carbonyl (C=O) groups excluding carboxylic acids is 6. The molecule has 0 aromatic heterocycles. The average Bonchev–Trinajstić information content (AvgIpc) is 3.44. The van der Waals surface area contributed by atoms with Gasteiger partial charge in [0.15, 0.2) is 0 Å². The number of nitrogens with one attached hydrogen (secondary N) is 2. The Morgan fingerprint density at radius 2 is 1.60 bits per heavy atom. The van der Waals surface area contributed by atoms with Crippen molar-refractivity contribution in [3.8, 4) is 11.5 Å². The van der Waals surface area contributed by atoms with Crippen LogP contribution >= 0.6 is 0 Å². The molecule has 0 saturated heterocycles. The molecule has 9 unspecified atom stereocenters. The molecule has 1 amide bonds. The third kappa shape index (κ3) is 8.82. The third-order valence-corrected chi connectivity index (χ3v) is 10.8. The Morgan fingerprint density at radius 3 is 2.21 bits per heavy atom. The van der Waals surface area contributed by atoms with Crippen molar-refractivity contribution in [1.82, 2.24) is 10.6 Å². The number of aliphatic hydroxyl groups is 2.